The molecule has 7 heteroatoms. The Bertz CT molecular complexity index is 725. The molecule has 2 unspecified atom stereocenters. The number of benzene rings is 2. The monoisotopic (exact) mass is 473 g/mol. The predicted molar refractivity (Wildman–Crippen MR) is 111 cm³/mol. The minimum absolute atomic E-state index is 0. The molecule has 0 amide bonds. The largest absolute Gasteiger partial charge is 0.493 e. The summed E-state index contributed by atoms with van der Waals surface area (Å²) in [6.45, 7) is 0.820. The van der Waals surface area contributed by atoms with E-state index in [0.29, 0.717) is 17.6 Å². The molecule has 0 aromatic heterocycles. The third-order valence-electron chi connectivity index (χ3n) is 3.97. The molecule has 0 radical (unpaired) electrons. The van der Waals surface area contributed by atoms with Crippen molar-refractivity contribution < 1.29 is 9.84 Å². The standard InChI is InChI=1S/C18H20ClN3O2.HI/c19-13-7-5-12(6-8-13)16(23)11-21-18(20)22-15-9-10-24-17-4-2-1-3-14(15)17;/h1-8,15-16,23H,9-11H2,(H3,20,21,22);1H. The van der Waals surface area contributed by atoms with Crippen molar-refractivity contribution in [3.8, 4) is 5.75 Å². The predicted octanol–water partition coefficient (Wildman–Crippen LogP) is 3.42. The third kappa shape index (κ3) is 5.23. The van der Waals surface area contributed by atoms with Gasteiger partial charge >= 0.3 is 0 Å². The second-order valence-electron chi connectivity index (χ2n) is 5.67. The Hall–Kier alpha value is -1.51. The third-order valence-corrected chi connectivity index (χ3v) is 4.22. The van der Waals surface area contributed by atoms with Crippen molar-refractivity contribution in [1.29, 1.82) is 0 Å². The quantitative estimate of drug-likeness (QED) is 0.361. The summed E-state index contributed by atoms with van der Waals surface area (Å²) in [5, 5.41) is 14.0. The molecule has 25 heavy (non-hydrogen) atoms. The Kier molecular flexibility index (Phi) is 7.34. The number of aliphatic hydroxyl groups excluding tert-OH is 1. The lowest BCUT2D eigenvalue weighted by atomic mass is 10.0. The molecule has 0 aliphatic carbocycles. The summed E-state index contributed by atoms with van der Waals surface area (Å²) >= 11 is 5.84. The Morgan fingerprint density at radius 1 is 1.28 bits per heavy atom. The highest BCUT2D eigenvalue weighted by Gasteiger charge is 2.21. The molecule has 5 nitrogen and oxygen atoms in total. The van der Waals surface area contributed by atoms with E-state index in [1.165, 1.54) is 0 Å². The Morgan fingerprint density at radius 2 is 2.00 bits per heavy atom. The molecule has 1 heterocycles. The smallest absolute Gasteiger partial charge is 0.189 e. The number of rotatable bonds is 4. The number of halogens is 2. The number of guanidine groups is 1. The van der Waals surface area contributed by atoms with Gasteiger partial charge in [-0.05, 0) is 23.8 Å². The molecule has 1 aliphatic rings. The zero-order valence-corrected chi connectivity index (χ0v) is 16.6. The second-order valence-corrected chi connectivity index (χ2v) is 6.10. The fraction of sp³-hybridized carbons (Fsp3) is 0.278. The van der Waals surface area contributed by atoms with Crippen LogP contribution in [0.3, 0.4) is 0 Å². The van der Waals surface area contributed by atoms with E-state index in [2.05, 4.69) is 10.3 Å². The van der Waals surface area contributed by atoms with Gasteiger partial charge in [0.1, 0.15) is 5.75 Å². The van der Waals surface area contributed by atoms with E-state index in [9.17, 15) is 5.11 Å². The molecule has 2 aromatic carbocycles. The van der Waals surface area contributed by atoms with Gasteiger partial charge in [-0.15, -0.1) is 24.0 Å². The summed E-state index contributed by atoms with van der Waals surface area (Å²) in [6.07, 6.45) is 0.0945. The summed E-state index contributed by atoms with van der Waals surface area (Å²) in [7, 11) is 0. The van der Waals surface area contributed by atoms with Gasteiger partial charge in [0.05, 0.1) is 25.3 Å². The fourth-order valence-electron chi connectivity index (χ4n) is 2.69. The van der Waals surface area contributed by atoms with E-state index in [4.69, 9.17) is 22.1 Å². The average molecular weight is 474 g/mol. The number of nitrogens with two attached hydrogens (primary N) is 1. The molecule has 1 aliphatic heterocycles. The second kappa shape index (κ2) is 9.26. The number of hydrogen-bond acceptors (Lipinski definition) is 3. The van der Waals surface area contributed by atoms with Crippen molar-refractivity contribution in [2.75, 3.05) is 13.2 Å². The van der Waals surface area contributed by atoms with Gasteiger partial charge in [-0.2, -0.15) is 0 Å². The maximum absolute atomic E-state index is 10.2. The Balaban J connectivity index is 0.00000225. The molecular formula is C18H21ClIN3O2. The highest BCUT2D eigenvalue weighted by Crippen LogP contribution is 2.31. The van der Waals surface area contributed by atoms with Crippen LogP contribution in [-0.4, -0.2) is 24.2 Å². The molecule has 2 atom stereocenters. The molecule has 0 saturated heterocycles. The number of nitrogens with zero attached hydrogens (tertiary/aromatic N) is 1. The van der Waals surface area contributed by atoms with Crippen LogP contribution in [0, 0.1) is 0 Å². The Morgan fingerprint density at radius 3 is 2.76 bits per heavy atom. The minimum Gasteiger partial charge on any atom is -0.493 e. The number of aliphatic imine (C=N–C) groups is 1. The number of fused-ring (bicyclic) bond motifs is 1. The molecular weight excluding hydrogens is 453 g/mol. The lowest BCUT2D eigenvalue weighted by Crippen LogP contribution is -2.37. The normalized spacial score (nSPS) is 17.7. The zero-order chi connectivity index (χ0) is 16.9. The fourth-order valence-corrected chi connectivity index (χ4v) is 2.82. The van der Waals surface area contributed by atoms with Crippen LogP contribution in [0.2, 0.25) is 5.02 Å². The molecule has 2 aromatic rings. The van der Waals surface area contributed by atoms with Gasteiger partial charge in [-0.1, -0.05) is 41.9 Å². The average Bonchev–Trinajstić information content (AvgIpc) is 2.61. The topological polar surface area (TPSA) is 79.9 Å². The van der Waals surface area contributed by atoms with Crippen LogP contribution in [-0.2, 0) is 0 Å². The molecule has 0 saturated carbocycles. The van der Waals surface area contributed by atoms with E-state index >= 15 is 0 Å². The van der Waals surface area contributed by atoms with Crippen LogP contribution in [0.1, 0.15) is 29.7 Å². The Labute approximate surface area is 169 Å². The van der Waals surface area contributed by atoms with Gasteiger partial charge in [0.15, 0.2) is 5.96 Å². The number of nitrogens with one attached hydrogen (secondary N) is 1. The van der Waals surface area contributed by atoms with Gasteiger partial charge in [0, 0.05) is 17.0 Å². The first-order valence-electron chi connectivity index (χ1n) is 7.85. The minimum atomic E-state index is -0.718. The lowest BCUT2D eigenvalue weighted by Gasteiger charge is -2.27. The van der Waals surface area contributed by atoms with Crippen molar-refractivity contribution in [3.05, 3.63) is 64.7 Å². The van der Waals surface area contributed by atoms with Crippen LogP contribution in [0.15, 0.2) is 53.5 Å². The molecule has 134 valence electrons. The SMILES string of the molecule is I.NC(=NCC(O)c1ccc(Cl)cc1)NC1CCOc2ccccc21. The van der Waals surface area contributed by atoms with Gasteiger partial charge in [0.2, 0.25) is 0 Å². The number of aliphatic hydroxyl groups is 1. The molecule has 3 rings (SSSR count). The van der Waals surface area contributed by atoms with Gasteiger partial charge in [0.25, 0.3) is 0 Å². The van der Waals surface area contributed by atoms with Gasteiger partial charge in [-0.3, -0.25) is 4.99 Å². The summed E-state index contributed by atoms with van der Waals surface area (Å²) in [5.74, 6) is 1.18. The summed E-state index contributed by atoms with van der Waals surface area (Å²) in [4.78, 5) is 4.25. The first-order chi connectivity index (χ1) is 11.6. The molecule has 4 N–H and O–H groups in total. The summed E-state index contributed by atoms with van der Waals surface area (Å²) < 4.78 is 5.63. The van der Waals surface area contributed by atoms with Crippen LogP contribution < -0.4 is 15.8 Å². The van der Waals surface area contributed by atoms with Crippen LogP contribution in [0.4, 0.5) is 0 Å². The van der Waals surface area contributed by atoms with E-state index < -0.39 is 6.10 Å². The number of ether oxygens (including phenoxy) is 1. The first-order valence-corrected chi connectivity index (χ1v) is 8.23. The number of para-hydroxylation sites is 1. The zero-order valence-electron chi connectivity index (χ0n) is 13.6. The highest BCUT2D eigenvalue weighted by atomic mass is 127. The molecule has 0 bridgehead atoms. The van der Waals surface area contributed by atoms with E-state index in [1.807, 2.05) is 24.3 Å². The van der Waals surface area contributed by atoms with Crippen molar-refractivity contribution in [2.45, 2.75) is 18.6 Å². The maximum Gasteiger partial charge on any atom is 0.189 e. The van der Waals surface area contributed by atoms with E-state index in [-0.39, 0.29) is 36.6 Å². The highest BCUT2D eigenvalue weighted by molar-refractivity contribution is 14.0. The van der Waals surface area contributed by atoms with Gasteiger partial charge in [-0.25, -0.2) is 0 Å². The molecule has 0 spiro atoms. The van der Waals surface area contributed by atoms with Crippen LogP contribution >= 0.6 is 35.6 Å². The van der Waals surface area contributed by atoms with Crippen LogP contribution in [0.25, 0.3) is 0 Å². The summed E-state index contributed by atoms with van der Waals surface area (Å²) in [6, 6.07) is 15.0. The lowest BCUT2D eigenvalue weighted by molar-refractivity contribution is 0.187. The maximum atomic E-state index is 10.2. The molecule has 0 fully saturated rings. The van der Waals surface area contributed by atoms with E-state index in [1.54, 1.807) is 24.3 Å². The summed E-state index contributed by atoms with van der Waals surface area (Å²) in [5.41, 5.74) is 7.80. The number of hydrogen-bond donors (Lipinski definition) is 3. The van der Waals surface area contributed by atoms with Crippen molar-refractivity contribution in [3.63, 3.8) is 0 Å². The van der Waals surface area contributed by atoms with Crippen molar-refractivity contribution >= 4 is 41.5 Å². The van der Waals surface area contributed by atoms with Crippen molar-refractivity contribution in [2.24, 2.45) is 10.7 Å². The van der Waals surface area contributed by atoms with E-state index in [0.717, 1.165) is 23.3 Å². The first kappa shape index (κ1) is 19.8. The van der Waals surface area contributed by atoms with Crippen molar-refractivity contribution in [1.82, 2.24) is 5.32 Å². The van der Waals surface area contributed by atoms with Gasteiger partial charge < -0.3 is 20.9 Å². The van der Waals surface area contributed by atoms with Crippen LogP contribution in [0.5, 0.6) is 5.75 Å².